The maximum atomic E-state index is 13.1. The molecule has 4 rings (SSSR count). The summed E-state index contributed by atoms with van der Waals surface area (Å²) in [6.07, 6.45) is 3.20. The molecule has 0 radical (unpaired) electrons. The number of aldehydes is 1. The van der Waals surface area contributed by atoms with E-state index >= 15 is 0 Å². The number of piperidine rings is 1. The Bertz CT molecular complexity index is 1180. The van der Waals surface area contributed by atoms with E-state index in [2.05, 4.69) is 19.7 Å². The minimum Gasteiger partial charge on any atom is -0.488 e. The molecule has 39 heavy (non-hydrogen) atoms. The molecule has 1 fully saturated rings. The zero-order valence-corrected chi connectivity index (χ0v) is 21.6. The number of likely N-dealkylation sites (tertiary alicyclic amines) is 1. The first-order chi connectivity index (χ1) is 18.9. The molecule has 0 N–H and O–H groups in total. The summed E-state index contributed by atoms with van der Waals surface area (Å²) >= 11 is 0. The van der Waals surface area contributed by atoms with Gasteiger partial charge in [-0.3, -0.25) is 0 Å². The Morgan fingerprint density at radius 2 is 1.72 bits per heavy atom. The number of carbonyl (C=O) groups excluding carboxylic acids is 4. The van der Waals surface area contributed by atoms with Crippen molar-refractivity contribution in [3.8, 4) is 11.5 Å². The number of carbonyl (C=O) groups is 4. The average molecular weight is 542 g/mol. The van der Waals surface area contributed by atoms with Gasteiger partial charge in [-0.2, -0.15) is 0 Å². The maximum Gasteiger partial charge on any atom is 0.514 e. The van der Waals surface area contributed by atoms with Crippen LogP contribution >= 0.6 is 0 Å². The van der Waals surface area contributed by atoms with Gasteiger partial charge in [-0.25, -0.2) is 14.4 Å². The molecule has 2 aliphatic heterocycles. The summed E-state index contributed by atoms with van der Waals surface area (Å²) in [6, 6.07) is 2.67. The predicted octanol–water partition coefficient (Wildman–Crippen LogP) is 4.03. The molecule has 2 heterocycles. The standard InChI is InChI=1S/C28H31NO10/c1-4-14-34-24(31)29-12-11-27-18-37-23-20(38-25(32)35-15-5-2)9-8-19(22(23)27)17-21(29)28(27,10-7-13-30)39-26(33)36-16-6-3/h4-6,8-9,13,21H,1-3,7,10-12,14-18H2. The van der Waals surface area contributed by atoms with Crippen molar-refractivity contribution in [1.29, 1.82) is 0 Å². The molecule has 3 aliphatic rings. The second kappa shape index (κ2) is 11.6. The number of rotatable bonds is 11. The van der Waals surface area contributed by atoms with Gasteiger partial charge in [0.15, 0.2) is 11.5 Å². The van der Waals surface area contributed by atoms with Crippen molar-refractivity contribution in [3.05, 3.63) is 61.2 Å². The van der Waals surface area contributed by atoms with Gasteiger partial charge in [0.05, 0.1) is 11.5 Å². The van der Waals surface area contributed by atoms with Crippen molar-refractivity contribution in [1.82, 2.24) is 4.90 Å². The van der Waals surface area contributed by atoms with Gasteiger partial charge in [-0.15, -0.1) is 0 Å². The minimum absolute atomic E-state index is 0.00324. The first kappa shape index (κ1) is 27.7. The van der Waals surface area contributed by atoms with Crippen LogP contribution in [0.4, 0.5) is 14.4 Å². The third kappa shape index (κ3) is 4.84. The highest BCUT2D eigenvalue weighted by atomic mass is 16.7. The second-order valence-corrected chi connectivity index (χ2v) is 9.32. The molecule has 1 saturated heterocycles. The molecule has 1 aromatic rings. The first-order valence-corrected chi connectivity index (χ1v) is 12.6. The van der Waals surface area contributed by atoms with E-state index in [1.807, 2.05) is 0 Å². The summed E-state index contributed by atoms with van der Waals surface area (Å²) in [5.74, 6) is 0.465. The molecular formula is C28H31NO10. The number of amides is 1. The van der Waals surface area contributed by atoms with Gasteiger partial charge < -0.3 is 38.1 Å². The highest BCUT2D eigenvalue weighted by molar-refractivity contribution is 5.73. The molecule has 11 heteroatoms. The van der Waals surface area contributed by atoms with Crippen molar-refractivity contribution in [3.63, 3.8) is 0 Å². The number of fused-ring (bicyclic) bond motifs is 1. The molecule has 208 valence electrons. The van der Waals surface area contributed by atoms with Crippen LogP contribution in [0.2, 0.25) is 0 Å². The second-order valence-electron chi connectivity index (χ2n) is 9.32. The minimum atomic E-state index is -1.42. The molecule has 2 bridgehead atoms. The third-order valence-corrected chi connectivity index (χ3v) is 7.36. The Kier molecular flexibility index (Phi) is 8.27. The Morgan fingerprint density at radius 3 is 2.41 bits per heavy atom. The van der Waals surface area contributed by atoms with Crippen molar-refractivity contribution in [2.24, 2.45) is 0 Å². The molecule has 3 unspecified atom stereocenters. The molecule has 0 saturated carbocycles. The highest BCUT2D eigenvalue weighted by Gasteiger charge is 2.70. The van der Waals surface area contributed by atoms with Crippen molar-refractivity contribution in [2.75, 3.05) is 33.0 Å². The van der Waals surface area contributed by atoms with Crippen LogP contribution in [-0.4, -0.2) is 74.2 Å². The first-order valence-electron chi connectivity index (χ1n) is 12.6. The van der Waals surface area contributed by atoms with Crippen LogP contribution in [-0.2, 0) is 35.6 Å². The van der Waals surface area contributed by atoms with Crippen LogP contribution < -0.4 is 9.47 Å². The van der Waals surface area contributed by atoms with Crippen LogP contribution in [0.25, 0.3) is 0 Å². The van der Waals surface area contributed by atoms with Crippen molar-refractivity contribution in [2.45, 2.75) is 42.7 Å². The molecule has 1 aromatic carbocycles. The van der Waals surface area contributed by atoms with Gasteiger partial charge in [0.2, 0.25) is 0 Å². The smallest absolute Gasteiger partial charge is 0.488 e. The summed E-state index contributed by atoms with van der Waals surface area (Å²) in [5.41, 5.74) is -0.867. The normalized spacial score (nSPS) is 23.8. The van der Waals surface area contributed by atoms with E-state index in [4.69, 9.17) is 28.4 Å². The Morgan fingerprint density at radius 1 is 1.03 bits per heavy atom. The van der Waals surface area contributed by atoms with E-state index < -0.39 is 35.5 Å². The van der Waals surface area contributed by atoms with E-state index in [0.29, 0.717) is 17.7 Å². The lowest BCUT2D eigenvalue weighted by atomic mass is 9.54. The summed E-state index contributed by atoms with van der Waals surface area (Å²) in [6.45, 7) is 10.9. The molecule has 1 spiro atoms. The van der Waals surface area contributed by atoms with Gasteiger partial charge >= 0.3 is 18.4 Å². The summed E-state index contributed by atoms with van der Waals surface area (Å²) in [4.78, 5) is 51.5. The fraction of sp³-hybridized carbons (Fsp3) is 0.429. The summed E-state index contributed by atoms with van der Waals surface area (Å²) in [7, 11) is 0. The molecule has 11 nitrogen and oxygen atoms in total. The van der Waals surface area contributed by atoms with Crippen LogP contribution in [0.1, 0.15) is 30.4 Å². The number of hydrogen-bond donors (Lipinski definition) is 0. The van der Waals surface area contributed by atoms with E-state index in [-0.39, 0.29) is 58.0 Å². The average Bonchev–Trinajstić information content (AvgIpc) is 3.32. The van der Waals surface area contributed by atoms with E-state index in [1.54, 1.807) is 12.1 Å². The summed E-state index contributed by atoms with van der Waals surface area (Å²) in [5, 5.41) is 0. The van der Waals surface area contributed by atoms with Crippen molar-refractivity contribution >= 4 is 24.7 Å². The lowest BCUT2D eigenvalue weighted by molar-refractivity contribution is -0.162. The van der Waals surface area contributed by atoms with Gasteiger partial charge in [-0.05, 0) is 30.9 Å². The quantitative estimate of drug-likeness (QED) is 0.133. The zero-order valence-electron chi connectivity index (χ0n) is 21.6. The van der Waals surface area contributed by atoms with Crippen LogP contribution in [0.3, 0.4) is 0 Å². The lowest BCUT2D eigenvalue weighted by Gasteiger charge is -2.60. The monoisotopic (exact) mass is 541 g/mol. The topological polar surface area (TPSA) is 127 Å². The number of nitrogens with zero attached hydrogens (tertiary/aromatic N) is 1. The fourth-order valence-corrected chi connectivity index (χ4v) is 5.93. The van der Waals surface area contributed by atoms with Crippen molar-refractivity contribution < 1.29 is 47.6 Å². The molecule has 1 amide bonds. The highest BCUT2D eigenvalue weighted by Crippen LogP contribution is 2.62. The Balaban J connectivity index is 1.84. The van der Waals surface area contributed by atoms with Gasteiger partial charge in [-0.1, -0.05) is 44.0 Å². The van der Waals surface area contributed by atoms with Crippen LogP contribution in [0.15, 0.2) is 50.1 Å². The van der Waals surface area contributed by atoms with Gasteiger partial charge in [0, 0.05) is 18.5 Å². The molecule has 3 atom stereocenters. The number of ether oxygens (including phenoxy) is 6. The summed E-state index contributed by atoms with van der Waals surface area (Å²) < 4.78 is 33.2. The number of hydrogen-bond acceptors (Lipinski definition) is 10. The molecule has 0 aromatic heterocycles. The fourth-order valence-electron chi connectivity index (χ4n) is 5.93. The van der Waals surface area contributed by atoms with Gasteiger partial charge in [0.25, 0.3) is 0 Å². The maximum absolute atomic E-state index is 13.1. The molecule has 1 aliphatic carbocycles. The predicted molar refractivity (Wildman–Crippen MR) is 137 cm³/mol. The van der Waals surface area contributed by atoms with Crippen LogP contribution in [0.5, 0.6) is 11.5 Å². The van der Waals surface area contributed by atoms with E-state index in [1.165, 1.54) is 23.1 Å². The zero-order chi connectivity index (χ0) is 28.0. The lowest BCUT2D eigenvalue weighted by Crippen LogP contribution is -2.74. The number of benzene rings is 1. The van der Waals surface area contributed by atoms with Gasteiger partial charge in [0.1, 0.15) is 38.3 Å². The van der Waals surface area contributed by atoms with Crippen LogP contribution in [0, 0.1) is 0 Å². The third-order valence-electron chi connectivity index (χ3n) is 7.36. The van der Waals surface area contributed by atoms with E-state index in [9.17, 15) is 19.2 Å². The van der Waals surface area contributed by atoms with E-state index in [0.717, 1.165) is 11.8 Å². The molecular weight excluding hydrogens is 510 g/mol. The SMILES string of the molecule is C=CCOC(=O)Oc1ccc2c3c1OCC31CCN(C(=O)OCC=C)C(C2)C1(CCC=O)OC(=O)OCC=C. The largest absolute Gasteiger partial charge is 0.514 e. The Hall–Kier alpha value is -4.28. The Labute approximate surface area is 225 Å².